The molecule has 1 aromatic rings. The van der Waals surface area contributed by atoms with E-state index in [1.54, 1.807) is 18.2 Å². The Morgan fingerprint density at radius 2 is 2.15 bits per heavy atom. The molecule has 0 aliphatic rings. The number of hydrogen-bond acceptors (Lipinski definition) is 2. The number of anilines is 1. The topological polar surface area (TPSA) is 78.4 Å². The van der Waals surface area contributed by atoms with Gasteiger partial charge >= 0.3 is 12.0 Å². The number of urea groups is 1. The average Bonchev–Trinajstić information content (AvgIpc) is 2.38. The number of carboxylic acid groups (broad SMARTS) is 1. The lowest BCUT2D eigenvalue weighted by atomic mass is 10.1. The van der Waals surface area contributed by atoms with Gasteiger partial charge in [-0.3, -0.25) is 4.79 Å². The van der Waals surface area contributed by atoms with E-state index in [0.717, 1.165) is 4.47 Å². The van der Waals surface area contributed by atoms with Gasteiger partial charge in [-0.25, -0.2) is 4.79 Å². The molecule has 0 saturated heterocycles. The van der Waals surface area contributed by atoms with Crippen LogP contribution in [0, 0.1) is 5.92 Å². The summed E-state index contributed by atoms with van der Waals surface area (Å²) in [5, 5.41) is 14.4. The first-order valence-corrected chi connectivity index (χ1v) is 7.27. The van der Waals surface area contributed by atoms with Gasteiger partial charge < -0.3 is 15.7 Å². The summed E-state index contributed by atoms with van der Waals surface area (Å²) in [4.78, 5) is 22.1. The molecule has 0 heterocycles. The highest BCUT2D eigenvalue weighted by atomic mass is 79.9. The Morgan fingerprint density at radius 1 is 1.45 bits per heavy atom. The predicted octanol–water partition coefficient (Wildman–Crippen LogP) is 3.72. The third kappa shape index (κ3) is 6.25. The van der Waals surface area contributed by atoms with Crippen molar-refractivity contribution in [3.05, 3.63) is 27.7 Å². The fraction of sp³-hybridized carbons (Fsp3) is 0.385. The number of carbonyl (C=O) groups is 2. The SMILES string of the molecule is CC(CCC(=O)O)CNC(=O)Nc1ccc(Br)c(Cl)c1. The van der Waals surface area contributed by atoms with Crippen molar-refractivity contribution >= 4 is 45.2 Å². The quantitative estimate of drug-likeness (QED) is 0.720. The maximum atomic E-state index is 11.7. The fourth-order valence-electron chi connectivity index (χ4n) is 1.49. The van der Waals surface area contributed by atoms with E-state index in [4.69, 9.17) is 16.7 Å². The molecule has 0 aromatic heterocycles. The van der Waals surface area contributed by atoms with Crippen molar-refractivity contribution in [2.24, 2.45) is 5.92 Å². The van der Waals surface area contributed by atoms with Crippen molar-refractivity contribution in [2.45, 2.75) is 19.8 Å². The third-order valence-electron chi connectivity index (χ3n) is 2.64. The maximum Gasteiger partial charge on any atom is 0.319 e. The smallest absolute Gasteiger partial charge is 0.319 e. The van der Waals surface area contributed by atoms with E-state index >= 15 is 0 Å². The van der Waals surface area contributed by atoms with E-state index in [-0.39, 0.29) is 18.4 Å². The van der Waals surface area contributed by atoms with Gasteiger partial charge in [0.1, 0.15) is 0 Å². The van der Waals surface area contributed by atoms with Crippen molar-refractivity contribution in [1.82, 2.24) is 5.32 Å². The predicted molar refractivity (Wildman–Crippen MR) is 82.2 cm³/mol. The summed E-state index contributed by atoms with van der Waals surface area (Å²) < 4.78 is 0.757. The van der Waals surface area contributed by atoms with E-state index in [1.165, 1.54) is 0 Å². The van der Waals surface area contributed by atoms with Gasteiger partial charge in [0.25, 0.3) is 0 Å². The second kappa shape index (κ2) is 8.11. The van der Waals surface area contributed by atoms with Crippen LogP contribution in [-0.2, 0) is 4.79 Å². The van der Waals surface area contributed by atoms with Crippen molar-refractivity contribution in [3.8, 4) is 0 Å². The zero-order chi connectivity index (χ0) is 15.1. The summed E-state index contributed by atoms with van der Waals surface area (Å²) in [6.45, 7) is 2.31. The van der Waals surface area contributed by atoms with Crippen LogP contribution in [0.25, 0.3) is 0 Å². The Morgan fingerprint density at radius 3 is 2.75 bits per heavy atom. The summed E-state index contributed by atoms with van der Waals surface area (Å²) in [5.74, 6) is -0.726. The van der Waals surface area contributed by atoms with Crippen LogP contribution in [0.2, 0.25) is 5.02 Å². The Hall–Kier alpha value is -1.27. The Balaban J connectivity index is 2.36. The van der Waals surface area contributed by atoms with E-state index < -0.39 is 5.97 Å². The molecule has 2 amide bonds. The molecule has 0 aliphatic carbocycles. The third-order valence-corrected chi connectivity index (χ3v) is 3.87. The lowest BCUT2D eigenvalue weighted by molar-refractivity contribution is -0.137. The standard InChI is InChI=1S/C13H16BrClN2O3/c1-8(2-5-12(18)19)7-16-13(20)17-9-3-4-10(14)11(15)6-9/h3-4,6,8H,2,5,7H2,1H3,(H,18,19)(H2,16,17,20). The van der Waals surface area contributed by atoms with Crippen LogP contribution in [0.15, 0.2) is 22.7 Å². The number of carboxylic acids is 1. The second-order valence-electron chi connectivity index (χ2n) is 4.50. The van der Waals surface area contributed by atoms with E-state index in [9.17, 15) is 9.59 Å². The van der Waals surface area contributed by atoms with Crippen molar-refractivity contribution in [1.29, 1.82) is 0 Å². The van der Waals surface area contributed by atoms with Crippen molar-refractivity contribution in [2.75, 3.05) is 11.9 Å². The van der Waals surface area contributed by atoms with Crippen LogP contribution in [0.1, 0.15) is 19.8 Å². The molecule has 3 N–H and O–H groups in total. The maximum absolute atomic E-state index is 11.7. The average molecular weight is 364 g/mol. The normalized spacial score (nSPS) is 11.8. The minimum Gasteiger partial charge on any atom is -0.481 e. The van der Waals surface area contributed by atoms with Gasteiger partial charge in [0.15, 0.2) is 0 Å². The van der Waals surface area contributed by atoms with Crippen LogP contribution < -0.4 is 10.6 Å². The molecule has 0 spiro atoms. The summed E-state index contributed by atoms with van der Waals surface area (Å²) in [5.41, 5.74) is 0.592. The van der Waals surface area contributed by atoms with E-state index in [1.807, 2.05) is 6.92 Å². The number of aliphatic carboxylic acids is 1. The number of rotatable bonds is 6. The minimum atomic E-state index is -0.828. The zero-order valence-electron chi connectivity index (χ0n) is 11.0. The highest BCUT2D eigenvalue weighted by Crippen LogP contribution is 2.25. The van der Waals surface area contributed by atoms with E-state index in [2.05, 4.69) is 26.6 Å². The zero-order valence-corrected chi connectivity index (χ0v) is 13.3. The molecule has 0 fully saturated rings. The monoisotopic (exact) mass is 362 g/mol. The van der Waals surface area contributed by atoms with Gasteiger partial charge in [-0.1, -0.05) is 18.5 Å². The lowest BCUT2D eigenvalue weighted by Crippen LogP contribution is -2.32. The Kier molecular flexibility index (Phi) is 6.81. The van der Waals surface area contributed by atoms with Gasteiger partial charge in [0.05, 0.1) is 5.02 Å². The van der Waals surface area contributed by atoms with Gasteiger partial charge in [0.2, 0.25) is 0 Å². The number of carbonyl (C=O) groups excluding carboxylic acids is 1. The fourth-order valence-corrected chi connectivity index (χ4v) is 1.92. The Labute approximate surface area is 130 Å². The molecule has 1 aromatic carbocycles. The number of amides is 2. The molecule has 0 aliphatic heterocycles. The number of benzene rings is 1. The molecule has 1 atom stereocenters. The first kappa shape index (κ1) is 16.8. The second-order valence-corrected chi connectivity index (χ2v) is 5.76. The number of halogens is 2. The van der Waals surface area contributed by atoms with Crippen LogP contribution >= 0.6 is 27.5 Å². The molecule has 20 heavy (non-hydrogen) atoms. The first-order chi connectivity index (χ1) is 9.38. The van der Waals surface area contributed by atoms with Crippen LogP contribution in [-0.4, -0.2) is 23.7 Å². The molecular formula is C13H16BrClN2O3. The largest absolute Gasteiger partial charge is 0.481 e. The van der Waals surface area contributed by atoms with Gasteiger partial charge in [-0.2, -0.15) is 0 Å². The van der Waals surface area contributed by atoms with Gasteiger partial charge in [0, 0.05) is 23.1 Å². The molecule has 5 nitrogen and oxygen atoms in total. The minimum absolute atomic E-state index is 0.102. The van der Waals surface area contributed by atoms with Crippen molar-refractivity contribution in [3.63, 3.8) is 0 Å². The summed E-state index contributed by atoms with van der Waals surface area (Å²) >= 11 is 9.19. The van der Waals surface area contributed by atoms with E-state index in [0.29, 0.717) is 23.7 Å². The molecule has 0 radical (unpaired) electrons. The highest BCUT2D eigenvalue weighted by Gasteiger charge is 2.08. The molecule has 110 valence electrons. The first-order valence-electron chi connectivity index (χ1n) is 6.10. The van der Waals surface area contributed by atoms with Crippen molar-refractivity contribution < 1.29 is 14.7 Å². The summed E-state index contributed by atoms with van der Waals surface area (Å²) in [6.07, 6.45) is 0.631. The van der Waals surface area contributed by atoms with Crippen LogP contribution in [0.5, 0.6) is 0 Å². The molecule has 0 saturated carbocycles. The molecular weight excluding hydrogens is 348 g/mol. The molecule has 7 heteroatoms. The van der Waals surface area contributed by atoms with Gasteiger partial charge in [-0.05, 0) is 46.5 Å². The number of nitrogens with one attached hydrogen (secondary N) is 2. The lowest BCUT2D eigenvalue weighted by Gasteiger charge is -2.12. The van der Waals surface area contributed by atoms with Gasteiger partial charge in [-0.15, -0.1) is 0 Å². The highest BCUT2D eigenvalue weighted by molar-refractivity contribution is 9.10. The summed E-state index contributed by atoms with van der Waals surface area (Å²) in [7, 11) is 0. The molecule has 1 unspecified atom stereocenters. The molecule has 1 rings (SSSR count). The van der Waals surface area contributed by atoms with Crippen LogP contribution in [0.4, 0.5) is 10.5 Å². The molecule has 0 bridgehead atoms. The number of hydrogen-bond donors (Lipinski definition) is 3. The Bertz CT molecular complexity index is 497. The van der Waals surface area contributed by atoms with Crippen LogP contribution in [0.3, 0.4) is 0 Å². The summed E-state index contributed by atoms with van der Waals surface area (Å²) in [6, 6.07) is 4.76.